The minimum Gasteiger partial charge on any atom is -0.315 e. The van der Waals surface area contributed by atoms with E-state index in [1.165, 1.54) is 11.3 Å². The molecule has 0 atom stereocenters. The Bertz CT molecular complexity index is 448. The van der Waals surface area contributed by atoms with E-state index in [4.69, 9.17) is 0 Å². The van der Waals surface area contributed by atoms with Gasteiger partial charge >= 0.3 is 0 Å². The van der Waals surface area contributed by atoms with Crippen LogP contribution in [0.25, 0.3) is 0 Å². The average molecular weight is 290 g/mol. The first-order valence-corrected chi connectivity index (χ1v) is 8.60. The van der Waals surface area contributed by atoms with Crippen molar-refractivity contribution in [3.8, 4) is 0 Å². The van der Waals surface area contributed by atoms with Crippen LogP contribution < -0.4 is 5.32 Å². The van der Waals surface area contributed by atoms with Gasteiger partial charge in [-0.25, -0.2) is 8.42 Å². The first-order chi connectivity index (χ1) is 8.56. The van der Waals surface area contributed by atoms with E-state index in [1.54, 1.807) is 15.8 Å². The van der Waals surface area contributed by atoms with Gasteiger partial charge < -0.3 is 5.32 Å². The highest BCUT2D eigenvalue weighted by atomic mass is 32.2. The molecule has 0 radical (unpaired) electrons. The van der Waals surface area contributed by atoms with Gasteiger partial charge in [0.1, 0.15) is 0 Å². The van der Waals surface area contributed by atoms with Crippen LogP contribution in [-0.4, -0.2) is 32.9 Å². The predicted octanol–water partition coefficient (Wildman–Crippen LogP) is 2.28. The fourth-order valence-electron chi connectivity index (χ4n) is 1.76. The summed E-state index contributed by atoms with van der Waals surface area (Å²) in [5.41, 5.74) is 0. The molecule has 0 amide bonds. The van der Waals surface area contributed by atoms with Crippen LogP contribution in [0.5, 0.6) is 0 Å². The molecule has 6 heteroatoms. The Balaban J connectivity index is 2.94. The van der Waals surface area contributed by atoms with Gasteiger partial charge in [0.15, 0.2) is 0 Å². The number of sulfonamides is 1. The molecule has 1 aromatic heterocycles. The molecular weight excluding hydrogens is 268 g/mol. The van der Waals surface area contributed by atoms with Crippen LogP contribution in [0.3, 0.4) is 0 Å². The maximum Gasteiger partial charge on any atom is 0.243 e. The number of hydrogen-bond donors (Lipinski definition) is 1. The second kappa shape index (κ2) is 7.23. The molecule has 1 rings (SSSR count). The van der Waals surface area contributed by atoms with Crippen molar-refractivity contribution in [3.63, 3.8) is 0 Å². The summed E-state index contributed by atoms with van der Waals surface area (Å²) in [7, 11) is -1.45. The van der Waals surface area contributed by atoms with Crippen molar-refractivity contribution in [3.05, 3.63) is 16.3 Å². The highest BCUT2D eigenvalue weighted by Gasteiger charge is 2.24. The van der Waals surface area contributed by atoms with Gasteiger partial charge in [0, 0.05) is 29.9 Å². The Morgan fingerprint density at radius 2 is 1.89 bits per heavy atom. The highest BCUT2D eigenvalue weighted by Crippen LogP contribution is 2.23. The van der Waals surface area contributed by atoms with Crippen molar-refractivity contribution in [2.75, 3.05) is 20.1 Å². The summed E-state index contributed by atoms with van der Waals surface area (Å²) >= 11 is 1.49. The number of nitrogens with zero attached hydrogens (tertiary/aromatic N) is 1. The summed E-state index contributed by atoms with van der Waals surface area (Å²) in [6.45, 7) is 5.89. The van der Waals surface area contributed by atoms with Gasteiger partial charge in [-0.15, -0.1) is 11.3 Å². The normalized spacial score (nSPS) is 12.2. The number of thiophene rings is 1. The summed E-state index contributed by atoms with van der Waals surface area (Å²) in [6.07, 6.45) is 1.68. The second-order valence-electron chi connectivity index (χ2n) is 4.18. The van der Waals surface area contributed by atoms with Crippen molar-refractivity contribution >= 4 is 21.4 Å². The molecule has 0 bridgehead atoms. The maximum atomic E-state index is 12.4. The highest BCUT2D eigenvalue weighted by molar-refractivity contribution is 7.89. The number of hydrogen-bond acceptors (Lipinski definition) is 4. The zero-order valence-corrected chi connectivity index (χ0v) is 12.9. The summed E-state index contributed by atoms with van der Waals surface area (Å²) in [5, 5.41) is 4.77. The molecule has 0 fully saturated rings. The van der Waals surface area contributed by atoms with E-state index in [0.29, 0.717) is 24.5 Å². The van der Waals surface area contributed by atoms with Crippen LogP contribution in [0.15, 0.2) is 16.3 Å². The Hall–Kier alpha value is -0.430. The van der Waals surface area contributed by atoms with E-state index in [9.17, 15) is 8.42 Å². The molecule has 1 N–H and O–H groups in total. The zero-order chi connectivity index (χ0) is 13.6. The summed E-state index contributed by atoms with van der Waals surface area (Å²) < 4.78 is 26.5. The lowest BCUT2D eigenvalue weighted by Gasteiger charge is -2.20. The van der Waals surface area contributed by atoms with Gasteiger partial charge in [0.05, 0.1) is 4.90 Å². The molecule has 0 aliphatic rings. The van der Waals surface area contributed by atoms with Crippen LogP contribution in [0.2, 0.25) is 0 Å². The maximum absolute atomic E-state index is 12.4. The molecule has 0 saturated heterocycles. The molecule has 0 spiro atoms. The lowest BCUT2D eigenvalue weighted by atomic mass is 10.4. The topological polar surface area (TPSA) is 49.4 Å². The summed E-state index contributed by atoms with van der Waals surface area (Å²) in [6, 6.07) is 1.77. The molecule has 0 unspecified atom stereocenters. The lowest BCUT2D eigenvalue weighted by Crippen LogP contribution is -2.32. The Labute approximate surface area is 114 Å². The second-order valence-corrected chi connectivity index (χ2v) is 7.12. The van der Waals surface area contributed by atoms with Gasteiger partial charge in [0.25, 0.3) is 0 Å². The van der Waals surface area contributed by atoms with Crippen molar-refractivity contribution in [2.45, 2.75) is 38.1 Å². The fraction of sp³-hybridized carbons (Fsp3) is 0.667. The van der Waals surface area contributed by atoms with E-state index in [0.717, 1.165) is 17.7 Å². The monoisotopic (exact) mass is 290 g/mol. The minimum absolute atomic E-state index is 0.430. The average Bonchev–Trinajstić information content (AvgIpc) is 2.78. The molecule has 1 heterocycles. The van der Waals surface area contributed by atoms with E-state index < -0.39 is 10.0 Å². The minimum atomic E-state index is -3.31. The Morgan fingerprint density at radius 1 is 1.28 bits per heavy atom. The molecule has 0 aliphatic carbocycles. The smallest absolute Gasteiger partial charge is 0.243 e. The van der Waals surface area contributed by atoms with Crippen LogP contribution in [0, 0.1) is 0 Å². The predicted molar refractivity (Wildman–Crippen MR) is 76.4 cm³/mol. The summed E-state index contributed by atoms with van der Waals surface area (Å²) in [5.74, 6) is 0. The molecule has 18 heavy (non-hydrogen) atoms. The number of nitrogens with one attached hydrogen (secondary N) is 1. The molecule has 104 valence electrons. The van der Waals surface area contributed by atoms with Crippen molar-refractivity contribution in [2.24, 2.45) is 0 Å². The third kappa shape index (κ3) is 3.78. The SMILES string of the molecule is CCCN(CCC)S(=O)(=O)c1csc(CNC)c1. The zero-order valence-electron chi connectivity index (χ0n) is 11.3. The van der Waals surface area contributed by atoms with Gasteiger partial charge in [-0.05, 0) is 26.0 Å². The summed E-state index contributed by atoms with van der Waals surface area (Å²) in [4.78, 5) is 1.48. The van der Waals surface area contributed by atoms with Gasteiger partial charge in [0.2, 0.25) is 10.0 Å². The fourth-order valence-corrected chi connectivity index (χ4v) is 4.66. The Morgan fingerprint density at radius 3 is 2.39 bits per heavy atom. The van der Waals surface area contributed by atoms with Crippen LogP contribution in [0.4, 0.5) is 0 Å². The van der Waals surface area contributed by atoms with Crippen molar-refractivity contribution < 1.29 is 8.42 Å². The quantitative estimate of drug-likeness (QED) is 0.799. The molecule has 0 aliphatic heterocycles. The van der Waals surface area contributed by atoms with Crippen LogP contribution in [0.1, 0.15) is 31.6 Å². The molecule has 4 nitrogen and oxygen atoms in total. The van der Waals surface area contributed by atoms with Crippen molar-refractivity contribution in [1.29, 1.82) is 0 Å². The standard InChI is InChI=1S/C12H22N2O2S2/c1-4-6-14(7-5-2)18(15,16)12-8-11(9-13-3)17-10-12/h8,10,13H,4-7,9H2,1-3H3. The van der Waals surface area contributed by atoms with Gasteiger partial charge in [-0.2, -0.15) is 4.31 Å². The van der Waals surface area contributed by atoms with Gasteiger partial charge in [-0.1, -0.05) is 13.8 Å². The largest absolute Gasteiger partial charge is 0.315 e. The van der Waals surface area contributed by atoms with Crippen molar-refractivity contribution in [1.82, 2.24) is 9.62 Å². The van der Waals surface area contributed by atoms with E-state index in [2.05, 4.69) is 5.32 Å². The van der Waals surface area contributed by atoms with Gasteiger partial charge in [-0.3, -0.25) is 0 Å². The number of rotatable bonds is 8. The van der Waals surface area contributed by atoms with Crippen LogP contribution in [-0.2, 0) is 16.6 Å². The Kier molecular flexibility index (Phi) is 6.28. The molecule has 0 aromatic carbocycles. The third-order valence-electron chi connectivity index (χ3n) is 2.56. The third-order valence-corrected chi connectivity index (χ3v) is 5.53. The molecule has 1 aromatic rings. The van der Waals surface area contributed by atoms with E-state index in [1.807, 2.05) is 20.9 Å². The van der Waals surface area contributed by atoms with E-state index >= 15 is 0 Å². The molecule has 0 saturated carbocycles. The first-order valence-electron chi connectivity index (χ1n) is 6.28. The van der Waals surface area contributed by atoms with Crippen LogP contribution >= 0.6 is 11.3 Å². The van der Waals surface area contributed by atoms with E-state index in [-0.39, 0.29) is 0 Å². The lowest BCUT2D eigenvalue weighted by molar-refractivity contribution is 0.410. The first kappa shape index (κ1) is 15.6. The molecular formula is C12H22N2O2S2.